The van der Waals surface area contributed by atoms with Gasteiger partial charge in [0.15, 0.2) is 6.29 Å². The number of carbonyl (C=O) groups is 1. The first-order valence-corrected chi connectivity index (χ1v) is 25.4. The van der Waals surface area contributed by atoms with Crippen LogP contribution in [0.5, 0.6) is 0 Å². The molecular weight excluding hydrogens is 813 g/mol. The number of rotatable bonds is 41. The summed E-state index contributed by atoms with van der Waals surface area (Å²) in [5.41, 5.74) is 0. The Balaban J connectivity index is 2.38. The highest BCUT2D eigenvalue weighted by molar-refractivity contribution is 7.80. The molecule has 1 rings (SSSR count). The van der Waals surface area contributed by atoms with E-state index in [1.807, 2.05) is 0 Å². The lowest BCUT2D eigenvalue weighted by Gasteiger charge is -2.41. The van der Waals surface area contributed by atoms with Crippen LogP contribution in [0.3, 0.4) is 0 Å². The first-order valence-electron chi connectivity index (χ1n) is 24.0. The van der Waals surface area contributed by atoms with Crippen molar-refractivity contribution < 1.29 is 56.2 Å². The molecule has 62 heavy (non-hydrogen) atoms. The van der Waals surface area contributed by atoms with Crippen LogP contribution in [0.25, 0.3) is 0 Å². The maximum absolute atomic E-state index is 12.9. The predicted molar refractivity (Wildman–Crippen MR) is 248 cm³/mol. The second kappa shape index (κ2) is 40.3. The number of hydrogen-bond donors (Lipinski definition) is 4. The molecule has 6 unspecified atom stereocenters. The van der Waals surface area contributed by atoms with Crippen LogP contribution in [0.4, 0.5) is 0 Å². The van der Waals surface area contributed by atoms with Gasteiger partial charge >= 0.3 is 16.4 Å². The van der Waals surface area contributed by atoms with Gasteiger partial charge in [0.2, 0.25) is 0 Å². The molecule has 4 N–H and O–H groups in total. The molecule has 0 spiro atoms. The monoisotopic (exact) mass is 899 g/mol. The van der Waals surface area contributed by atoms with E-state index in [0.717, 1.165) is 83.5 Å². The fraction of sp³-hybridized carbons (Fsp3) is 0.776. The van der Waals surface area contributed by atoms with Crippen molar-refractivity contribution in [3.05, 3.63) is 60.8 Å². The molecule has 12 nitrogen and oxygen atoms in total. The highest BCUT2D eigenvalue weighted by Crippen LogP contribution is 2.26. The van der Waals surface area contributed by atoms with Crippen molar-refractivity contribution in [3.8, 4) is 0 Å². The summed E-state index contributed by atoms with van der Waals surface area (Å²) < 4.78 is 59.1. The summed E-state index contributed by atoms with van der Waals surface area (Å²) in [6.45, 7) is 3.86. The van der Waals surface area contributed by atoms with E-state index in [2.05, 4.69) is 78.8 Å². The quantitative estimate of drug-likeness (QED) is 0.0198. The molecular formula is C49H86O12S. The maximum Gasteiger partial charge on any atom is 0.397 e. The van der Waals surface area contributed by atoms with Gasteiger partial charge in [0, 0.05) is 13.0 Å². The maximum atomic E-state index is 12.9. The summed E-state index contributed by atoms with van der Waals surface area (Å²) in [7, 11) is -5.06. The number of aliphatic hydroxyl groups is 3. The largest absolute Gasteiger partial charge is 0.457 e. The van der Waals surface area contributed by atoms with Crippen molar-refractivity contribution in [2.24, 2.45) is 0 Å². The molecule has 1 aliphatic rings. The lowest BCUT2D eigenvalue weighted by atomic mass is 9.99. The number of ether oxygens (including phenoxy) is 4. The fourth-order valence-corrected chi connectivity index (χ4v) is 7.56. The van der Waals surface area contributed by atoms with E-state index in [1.165, 1.54) is 70.6 Å². The van der Waals surface area contributed by atoms with Crippen LogP contribution in [-0.2, 0) is 38.3 Å². The van der Waals surface area contributed by atoms with Crippen molar-refractivity contribution in [1.29, 1.82) is 0 Å². The SMILES string of the molecule is CC/C=C\C/C=C\C/C=C\C/C=C\C/C=C\CCCCCCCCCC(=O)OC(COCCCCCCCCCCCCCC)COC1OC(CO)C(O)C(OS(=O)(=O)O)C1O. The molecule has 0 aliphatic carbocycles. The Morgan fingerprint density at radius 1 is 0.629 bits per heavy atom. The summed E-state index contributed by atoms with van der Waals surface area (Å²) in [6, 6.07) is 0. The zero-order valence-electron chi connectivity index (χ0n) is 38.4. The highest BCUT2D eigenvalue weighted by atomic mass is 32.3. The molecule has 0 aromatic heterocycles. The van der Waals surface area contributed by atoms with Crippen LogP contribution in [0.15, 0.2) is 60.8 Å². The van der Waals surface area contributed by atoms with Gasteiger partial charge in [-0.25, -0.2) is 4.18 Å². The van der Waals surface area contributed by atoms with Gasteiger partial charge in [-0.3, -0.25) is 9.35 Å². The lowest BCUT2D eigenvalue weighted by Crippen LogP contribution is -2.60. The van der Waals surface area contributed by atoms with E-state index >= 15 is 0 Å². The lowest BCUT2D eigenvalue weighted by molar-refractivity contribution is -0.301. The van der Waals surface area contributed by atoms with Gasteiger partial charge in [-0.1, -0.05) is 177 Å². The molecule has 0 aromatic carbocycles. The second-order valence-electron chi connectivity index (χ2n) is 16.3. The molecule has 1 heterocycles. The van der Waals surface area contributed by atoms with E-state index in [-0.39, 0.29) is 19.6 Å². The van der Waals surface area contributed by atoms with Gasteiger partial charge in [-0.15, -0.1) is 0 Å². The Morgan fingerprint density at radius 2 is 1.11 bits per heavy atom. The minimum atomic E-state index is -5.06. The van der Waals surface area contributed by atoms with Crippen LogP contribution < -0.4 is 0 Å². The van der Waals surface area contributed by atoms with Crippen LogP contribution in [0.2, 0.25) is 0 Å². The van der Waals surface area contributed by atoms with Gasteiger partial charge in [0.05, 0.1) is 19.8 Å². The summed E-state index contributed by atoms with van der Waals surface area (Å²) >= 11 is 0. The van der Waals surface area contributed by atoms with Crippen molar-refractivity contribution in [3.63, 3.8) is 0 Å². The normalized spacial score (nSPS) is 20.5. The smallest absolute Gasteiger partial charge is 0.397 e. The van der Waals surface area contributed by atoms with E-state index < -0.39 is 59.8 Å². The van der Waals surface area contributed by atoms with Crippen molar-refractivity contribution in [2.75, 3.05) is 26.4 Å². The topological polar surface area (TPSA) is 178 Å². The van der Waals surface area contributed by atoms with Gasteiger partial charge in [-0.2, -0.15) is 8.42 Å². The summed E-state index contributed by atoms with van der Waals surface area (Å²) in [5.74, 6) is -0.411. The molecule has 360 valence electrons. The number of carbonyl (C=O) groups excluding carboxylic acids is 1. The van der Waals surface area contributed by atoms with Gasteiger partial charge in [0.25, 0.3) is 0 Å². The standard InChI is InChI=1S/C49H86O12S/c1-3-5-7-9-11-13-15-17-18-19-20-21-22-23-24-25-26-27-28-30-32-34-36-38-45(51)59-43(41-57-39-37-35-33-31-29-16-14-12-10-8-6-4-2)42-58-49-47(53)48(61-62(54,55)56)46(52)44(40-50)60-49/h5,7,11,13,17-18,20-21,23-24,43-44,46-50,52-53H,3-4,6,8-10,12,14-16,19,22,25-42H2,1-2H3,(H,54,55,56)/b7-5-,13-11-,18-17-,21-20-,24-23-. The molecule has 0 radical (unpaired) electrons. The zero-order chi connectivity index (χ0) is 45.4. The molecule has 1 aliphatic heterocycles. The third-order valence-electron chi connectivity index (χ3n) is 10.7. The number of aliphatic hydroxyl groups excluding tert-OH is 3. The number of allylic oxidation sites excluding steroid dienone is 10. The Bertz CT molecular complexity index is 1310. The Kier molecular flexibility index (Phi) is 37.6. The Morgan fingerprint density at radius 3 is 1.63 bits per heavy atom. The molecule has 6 atom stereocenters. The predicted octanol–water partition coefficient (Wildman–Crippen LogP) is 10.5. The first-order chi connectivity index (χ1) is 30.1. The highest BCUT2D eigenvalue weighted by Gasteiger charge is 2.48. The van der Waals surface area contributed by atoms with E-state index in [4.69, 9.17) is 23.5 Å². The van der Waals surface area contributed by atoms with E-state index in [0.29, 0.717) is 13.0 Å². The van der Waals surface area contributed by atoms with Gasteiger partial charge in [0.1, 0.15) is 30.5 Å². The minimum absolute atomic E-state index is 0.0310. The van der Waals surface area contributed by atoms with Crippen molar-refractivity contribution in [1.82, 2.24) is 0 Å². The summed E-state index contributed by atoms with van der Waals surface area (Å²) in [4.78, 5) is 12.9. The molecule has 13 heteroatoms. The Hall–Kier alpha value is -2.20. The van der Waals surface area contributed by atoms with E-state index in [9.17, 15) is 28.5 Å². The average molecular weight is 899 g/mol. The van der Waals surface area contributed by atoms with Crippen LogP contribution in [0.1, 0.15) is 181 Å². The molecule has 1 fully saturated rings. The third kappa shape index (κ3) is 33.3. The number of unbranched alkanes of at least 4 members (excludes halogenated alkanes) is 18. The molecule has 0 amide bonds. The molecule has 0 aromatic rings. The van der Waals surface area contributed by atoms with Gasteiger partial charge < -0.3 is 34.3 Å². The molecule has 0 saturated carbocycles. The van der Waals surface area contributed by atoms with Crippen molar-refractivity contribution in [2.45, 2.75) is 218 Å². The fourth-order valence-electron chi connectivity index (χ4n) is 7.05. The molecule has 1 saturated heterocycles. The summed E-state index contributed by atoms with van der Waals surface area (Å²) in [5, 5.41) is 30.7. The number of esters is 1. The van der Waals surface area contributed by atoms with Crippen LogP contribution in [0, 0.1) is 0 Å². The van der Waals surface area contributed by atoms with Gasteiger partial charge in [-0.05, 0) is 57.8 Å². The van der Waals surface area contributed by atoms with Crippen LogP contribution >= 0.6 is 0 Å². The first kappa shape index (κ1) is 57.8. The van der Waals surface area contributed by atoms with E-state index in [1.54, 1.807) is 0 Å². The Labute approximate surface area is 376 Å². The summed E-state index contributed by atoms with van der Waals surface area (Å²) in [6.07, 6.45) is 41.1. The van der Waals surface area contributed by atoms with Crippen molar-refractivity contribution >= 4 is 16.4 Å². The van der Waals surface area contributed by atoms with Crippen LogP contribution in [-0.4, -0.2) is 97.5 Å². The average Bonchev–Trinajstić information content (AvgIpc) is 3.24. The number of hydrogen-bond acceptors (Lipinski definition) is 11. The second-order valence-corrected chi connectivity index (χ2v) is 17.4. The molecule has 0 bridgehead atoms. The minimum Gasteiger partial charge on any atom is -0.457 e. The zero-order valence-corrected chi connectivity index (χ0v) is 39.2. The third-order valence-corrected chi connectivity index (χ3v) is 11.1.